The van der Waals surface area contributed by atoms with E-state index in [0.29, 0.717) is 24.7 Å². The van der Waals surface area contributed by atoms with Crippen LogP contribution in [-0.2, 0) is 4.74 Å². The van der Waals surface area contributed by atoms with E-state index in [1.54, 1.807) is 12.3 Å². The monoisotopic (exact) mass is 220 g/mol. The number of pyridine rings is 1. The van der Waals surface area contributed by atoms with Gasteiger partial charge in [-0.3, -0.25) is 0 Å². The second-order valence-electron chi connectivity index (χ2n) is 3.38. The molecule has 86 valence electrons. The Hall–Kier alpha value is -1.60. The van der Waals surface area contributed by atoms with Crippen LogP contribution in [0.25, 0.3) is 0 Å². The predicted molar refractivity (Wildman–Crippen MR) is 60.3 cm³/mol. The summed E-state index contributed by atoms with van der Waals surface area (Å²) < 4.78 is 10.7. The highest BCUT2D eigenvalue weighted by Gasteiger charge is 2.06. The number of hydrogen-bond acceptors (Lipinski definition) is 4. The van der Waals surface area contributed by atoms with Gasteiger partial charge in [0, 0.05) is 12.8 Å². The molecule has 4 heteroatoms. The number of aromatic nitrogens is 1. The predicted octanol–water partition coefficient (Wildman–Crippen LogP) is 2.07. The molecule has 0 aliphatic heterocycles. The second kappa shape index (κ2) is 6.81. The molecule has 1 rings (SSSR count). The van der Waals surface area contributed by atoms with Crippen LogP contribution in [0.5, 0.6) is 5.88 Å². The molecular formula is C12H16N2O2. The molecule has 4 nitrogen and oxygen atoms in total. The molecule has 1 aromatic heterocycles. The second-order valence-corrected chi connectivity index (χ2v) is 3.38. The zero-order valence-corrected chi connectivity index (χ0v) is 9.69. The Morgan fingerprint density at radius 3 is 2.88 bits per heavy atom. The number of rotatable bonds is 6. The maximum atomic E-state index is 8.94. The summed E-state index contributed by atoms with van der Waals surface area (Å²) in [5.41, 5.74) is 1.37. The van der Waals surface area contributed by atoms with Crippen molar-refractivity contribution >= 4 is 0 Å². The smallest absolute Gasteiger partial charge is 0.231 e. The third-order valence-corrected chi connectivity index (χ3v) is 2.05. The summed E-state index contributed by atoms with van der Waals surface area (Å²) >= 11 is 0. The first-order valence-corrected chi connectivity index (χ1v) is 5.35. The molecule has 0 N–H and O–H groups in total. The van der Waals surface area contributed by atoms with Gasteiger partial charge < -0.3 is 9.47 Å². The van der Waals surface area contributed by atoms with Gasteiger partial charge in [0.2, 0.25) is 5.88 Å². The van der Waals surface area contributed by atoms with Gasteiger partial charge in [0.25, 0.3) is 0 Å². The Morgan fingerprint density at radius 2 is 2.19 bits per heavy atom. The lowest BCUT2D eigenvalue weighted by molar-refractivity contribution is 0.0989. The van der Waals surface area contributed by atoms with E-state index in [-0.39, 0.29) is 0 Å². The van der Waals surface area contributed by atoms with Gasteiger partial charge in [-0.05, 0) is 25.0 Å². The fourth-order valence-electron chi connectivity index (χ4n) is 1.22. The molecule has 0 unspecified atom stereocenters. The molecule has 0 bridgehead atoms. The summed E-state index contributed by atoms with van der Waals surface area (Å²) in [5.74, 6) is 0.391. The van der Waals surface area contributed by atoms with E-state index in [4.69, 9.17) is 14.7 Å². The van der Waals surface area contributed by atoms with Crippen molar-refractivity contribution in [2.45, 2.75) is 20.3 Å². The van der Waals surface area contributed by atoms with Crippen molar-refractivity contribution in [2.75, 3.05) is 19.8 Å². The van der Waals surface area contributed by atoms with Crippen LogP contribution in [0, 0.1) is 18.3 Å². The number of nitriles is 1. The number of ether oxygens (including phenoxy) is 2. The SMILES string of the molecule is CCCOCCOc1nccc(C)c1C#N. The van der Waals surface area contributed by atoms with E-state index in [1.807, 2.05) is 6.92 Å². The highest BCUT2D eigenvalue weighted by molar-refractivity contribution is 5.43. The maximum Gasteiger partial charge on any atom is 0.231 e. The van der Waals surface area contributed by atoms with Crippen molar-refractivity contribution in [2.24, 2.45) is 0 Å². The zero-order chi connectivity index (χ0) is 11.8. The van der Waals surface area contributed by atoms with Crippen LogP contribution < -0.4 is 4.74 Å². The maximum absolute atomic E-state index is 8.94. The molecule has 0 atom stereocenters. The highest BCUT2D eigenvalue weighted by Crippen LogP contribution is 2.17. The Kier molecular flexibility index (Phi) is 5.30. The lowest BCUT2D eigenvalue weighted by Gasteiger charge is -2.08. The molecule has 0 radical (unpaired) electrons. The first-order valence-electron chi connectivity index (χ1n) is 5.35. The van der Waals surface area contributed by atoms with Crippen molar-refractivity contribution in [1.29, 1.82) is 5.26 Å². The average molecular weight is 220 g/mol. The third-order valence-electron chi connectivity index (χ3n) is 2.05. The molecule has 16 heavy (non-hydrogen) atoms. The minimum Gasteiger partial charge on any atom is -0.474 e. The topological polar surface area (TPSA) is 55.1 Å². The summed E-state index contributed by atoms with van der Waals surface area (Å²) in [6.45, 7) is 5.59. The summed E-state index contributed by atoms with van der Waals surface area (Å²) in [5, 5.41) is 8.94. The number of nitrogens with zero attached hydrogens (tertiary/aromatic N) is 2. The Morgan fingerprint density at radius 1 is 1.38 bits per heavy atom. The van der Waals surface area contributed by atoms with Gasteiger partial charge >= 0.3 is 0 Å². The van der Waals surface area contributed by atoms with Gasteiger partial charge in [-0.1, -0.05) is 6.92 Å². The van der Waals surface area contributed by atoms with Crippen molar-refractivity contribution in [3.05, 3.63) is 23.4 Å². The lowest BCUT2D eigenvalue weighted by atomic mass is 10.2. The minimum atomic E-state index is 0.391. The van der Waals surface area contributed by atoms with Crippen LogP contribution in [0.15, 0.2) is 12.3 Å². The summed E-state index contributed by atoms with van der Waals surface area (Å²) in [6.07, 6.45) is 2.63. The van der Waals surface area contributed by atoms with Gasteiger partial charge in [0.15, 0.2) is 0 Å². The fourth-order valence-corrected chi connectivity index (χ4v) is 1.22. The van der Waals surface area contributed by atoms with Crippen LogP contribution in [-0.4, -0.2) is 24.8 Å². The summed E-state index contributed by atoms with van der Waals surface area (Å²) in [7, 11) is 0. The van der Waals surface area contributed by atoms with Gasteiger partial charge in [-0.25, -0.2) is 4.98 Å². The largest absolute Gasteiger partial charge is 0.474 e. The quantitative estimate of drug-likeness (QED) is 0.689. The number of hydrogen-bond donors (Lipinski definition) is 0. The van der Waals surface area contributed by atoms with Gasteiger partial charge in [0.05, 0.1) is 6.61 Å². The van der Waals surface area contributed by atoms with Crippen LogP contribution in [0.4, 0.5) is 0 Å². The Bertz CT molecular complexity index is 372. The molecule has 0 saturated carbocycles. The van der Waals surface area contributed by atoms with E-state index < -0.39 is 0 Å². The lowest BCUT2D eigenvalue weighted by Crippen LogP contribution is -2.09. The molecule has 0 fully saturated rings. The highest BCUT2D eigenvalue weighted by atomic mass is 16.5. The van der Waals surface area contributed by atoms with Crippen molar-refractivity contribution in [3.8, 4) is 11.9 Å². The normalized spacial score (nSPS) is 9.81. The molecule has 0 spiro atoms. The van der Waals surface area contributed by atoms with E-state index in [0.717, 1.165) is 18.6 Å². The van der Waals surface area contributed by atoms with E-state index >= 15 is 0 Å². The Labute approximate surface area is 95.8 Å². The zero-order valence-electron chi connectivity index (χ0n) is 9.69. The van der Waals surface area contributed by atoms with Crippen LogP contribution in [0.3, 0.4) is 0 Å². The Balaban J connectivity index is 2.48. The molecule has 0 amide bonds. The first kappa shape index (κ1) is 12.5. The van der Waals surface area contributed by atoms with Gasteiger partial charge in [-0.2, -0.15) is 5.26 Å². The van der Waals surface area contributed by atoms with Crippen molar-refractivity contribution in [3.63, 3.8) is 0 Å². The molecule has 0 saturated heterocycles. The van der Waals surface area contributed by atoms with E-state index in [2.05, 4.69) is 18.0 Å². The van der Waals surface area contributed by atoms with Crippen molar-refractivity contribution < 1.29 is 9.47 Å². The third kappa shape index (κ3) is 3.52. The molecule has 1 heterocycles. The van der Waals surface area contributed by atoms with Crippen LogP contribution in [0.1, 0.15) is 24.5 Å². The average Bonchev–Trinajstić information content (AvgIpc) is 2.29. The minimum absolute atomic E-state index is 0.391. The standard InChI is InChI=1S/C12H16N2O2/c1-3-6-15-7-8-16-12-11(9-13)10(2)4-5-14-12/h4-5H,3,6-8H2,1-2H3. The summed E-state index contributed by atoms with van der Waals surface area (Å²) in [4.78, 5) is 4.03. The molecule has 0 aromatic carbocycles. The fraction of sp³-hybridized carbons (Fsp3) is 0.500. The molecule has 0 aliphatic rings. The first-order chi connectivity index (χ1) is 7.79. The van der Waals surface area contributed by atoms with Crippen LogP contribution in [0.2, 0.25) is 0 Å². The van der Waals surface area contributed by atoms with Crippen molar-refractivity contribution in [1.82, 2.24) is 4.98 Å². The van der Waals surface area contributed by atoms with E-state index in [1.165, 1.54) is 0 Å². The van der Waals surface area contributed by atoms with Crippen LogP contribution >= 0.6 is 0 Å². The molecule has 0 aliphatic carbocycles. The van der Waals surface area contributed by atoms with E-state index in [9.17, 15) is 0 Å². The van der Waals surface area contributed by atoms with Gasteiger partial charge in [-0.15, -0.1) is 0 Å². The number of aryl methyl sites for hydroxylation is 1. The molecular weight excluding hydrogens is 204 g/mol. The summed E-state index contributed by atoms with van der Waals surface area (Å²) in [6, 6.07) is 3.88. The van der Waals surface area contributed by atoms with Gasteiger partial charge in [0.1, 0.15) is 18.2 Å². The molecule has 1 aromatic rings.